The molecule has 2 aromatic carbocycles. The first kappa shape index (κ1) is 18.6. The lowest BCUT2D eigenvalue weighted by Crippen LogP contribution is -2.20. The Bertz CT molecular complexity index is 890. The molecule has 27 heavy (non-hydrogen) atoms. The zero-order valence-electron chi connectivity index (χ0n) is 15.4. The van der Waals surface area contributed by atoms with Gasteiger partial charge in [-0.25, -0.2) is 0 Å². The molecule has 0 N–H and O–H groups in total. The van der Waals surface area contributed by atoms with Crippen LogP contribution in [0.15, 0.2) is 42.5 Å². The number of ketones is 1. The molecular formula is C21H21NO5. The number of hydrogen-bond acceptors (Lipinski definition) is 5. The fourth-order valence-electron chi connectivity index (χ4n) is 2.90. The summed E-state index contributed by atoms with van der Waals surface area (Å²) in [5.74, 6) is -0.106. The minimum atomic E-state index is -0.493. The molecule has 0 saturated heterocycles. The number of nitrogens with zero attached hydrogens (tertiary/aromatic N) is 1. The SMILES string of the molecule is Cc1cccc(OCCC(=O)OCC(=O)c2ccc3c(c2)CC(=O)N3C)c1. The summed E-state index contributed by atoms with van der Waals surface area (Å²) in [4.78, 5) is 37.3. The van der Waals surface area contributed by atoms with E-state index in [-0.39, 0.29) is 37.7 Å². The van der Waals surface area contributed by atoms with Gasteiger partial charge >= 0.3 is 5.97 Å². The van der Waals surface area contributed by atoms with Crippen LogP contribution >= 0.6 is 0 Å². The maximum Gasteiger partial charge on any atom is 0.309 e. The average molecular weight is 367 g/mol. The summed E-state index contributed by atoms with van der Waals surface area (Å²) in [6.07, 6.45) is 0.341. The number of carbonyl (C=O) groups excluding carboxylic acids is 3. The molecule has 0 saturated carbocycles. The zero-order chi connectivity index (χ0) is 19.4. The van der Waals surface area contributed by atoms with E-state index in [4.69, 9.17) is 9.47 Å². The number of Topliss-reactive ketones (excluding diaryl/α,β-unsaturated/α-hetero) is 1. The monoisotopic (exact) mass is 367 g/mol. The van der Waals surface area contributed by atoms with Crippen LogP contribution in [-0.4, -0.2) is 37.9 Å². The van der Waals surface area contributed by atoms with Gasteiger partial charge in [-0.2, -0.15) is 0 Å². The smallest absolute Gasteiger partial charge is 0.309 e. The molecule has 6 heteroatoms. The first-order valence-corrected chi connectivity index (χ1v) is 8.72. The molecule has 0 fully saturated rings. The molecule has 1 aliphatic rings. The van der Waals surface area contributed by atoms with E-state index in [1.807, 2.05) is 31.2 Å². The number of benzene rings is 2. The molecule has 0 radical (unpaired) electrons. The van der Waals surface area contributed by atoms with Gasteiger partial charge in [-0.3, -0.25) is 14.4 Å². The van der Waals surface area contributed by atoms with Crippen molar-refractivity contribution >= 4 is 23.3 Å². The summed E-state index contributed by atoms with van der Waals surface area (Å²) in [6.45, 7) is 1.81. The van der Waals surface area contributed by atoms with Gasteiger partial charge in [-0.1, -0.05) is 12.1 Å². The normalized spacial score (nSPS) is 12.7. The fourth-order valence-corrected chi connectivity index (χ4v) is 2.90. The van der Waals surface area contributed by atoms with E-state index in [1.165, 1.54) is 0 Å². The second-order valence-corrected chi connectivity index (χ2v) is 6.47. The van der Waals surface area contributed by atoms with Crippen LogP contribution in [0.2, 0.25) is 0 Å². The van der Waals surface area contributed by atoms with E-state index in [2.05, 4.69) is 0 Å². The number of hydrogen-bond donors (Lipinski definition) is 0. The van der Waals surface area contributed by atoms with Crippen LogP contribution in [0, 0.1) is 6.92 Å². The number of amides is 1. The maximum atomic E-state index is 12.2. The minimum Gasteiger partial charge on any atom is -0.493 e. The van der Waals surface area contributed by atoms with Crippen LogP contribution < -0.4 is 9.64 Å². The Morgan fingerprint density at radius 1 is 1.15 bits per heavy atom. The maximum absolute atomic E-state index is 12.2. The predicted molar refractivity (Wildman–Crippen MR) is 100 cm³/mol. The third-order valence-corrected chi connectivity index (χ3v) is 4.41. The van der Waals surface area contributed by atoms with Crippen LogP contribution in [0.1, 0.15) is 27.9 Å². The largest absolute Gasteiger partial charge is 0.493 e. The molecule has 1 amide bonds. The molecule has 140 valence electrons. The van der Waals surface area contributed by atoms with Gasteiger partial charge in [0.05, 0.1) is 19.4 Å². The summed E-state index contributed by atoms with van der Waals surface area (Å²) in [5, 5.41) is 0. The lowest BCUT2D eigenvalue weighted by atomic mass is 10.1. The average Bonchev–Trinajstić information content (AvgIpc) is 2.93. The van der Waals surface area contributed by atoms with Gasteiger partial charge in [0, 0.05) is 18.3 Å². The molecule has 0 aliphatic carbocycles. The summed E-state index contributed by atoms with van der Waals surface area (Å²) in [6, 6.07) is 12.6. The van der Waals surface area contributed by atoms with Crippen molar-refractivity contribution in [1.29, 1.82) is 0 Å². The van der Waals surface area contributed by atoms with Crippen LogP contribution in [0.4, 0.5) is 5.69 Å². The van der Waals surface area contributed by atoms with E-state index in [0.717, 1.165) is 16.8 Å². The number of rotatable bonds is 7. The number of carbonyl (C=O) groups is 3. The highest BCUT2D eigenvalue weighted by Crippen LogP contribution is 2.28. The lowest BCUT2D eigenvalue weighted by molar-refractivity contribution is -0.143. The number of likely N-dealkylation sites (N-methyl/N-ethyl adjacent to an activating group) is 1. The Kier molecular flexibility index (Phi) is 5.54. The molecule has 1 heterocycles. The van der Waals surface area contributed by atoms with E-state index in [1.54, 1.807) is 30.1 Å². The Hall–Kier alpha value is -3.15. The predicted octanol–water partition coefficient (Wildman–Crippen LogP) is 2.71. The van der Waals surface area contributed by atoms with Crippen LogP contribution in [0.3, 0.4) is 0 Å². The van der Waals surface area contributed by atoms with Crippen LogP contribution in [0.25, 0.3) is 0 Å². The van der Waals surface area contributed by atoms with Crippen molar-refractivity contribution in [2.45, 2.75) is 19.8 Å². The van der Waals surface area contributed by atoms with Gasteiger partial charge in [0.2, 0.25) is 5.91 Å². The third-order valence-electron chi connectivity index (χ3n) is 4.41. The standard InChI is InChI=1S/C21H21NO5/c1-14-4-3-5-17(10-14)26-9-8-21(25)27-13-19(23)15-6-7-18-16(11-15)12-20(24)22(18)2/h3-7,10-11H,8-9,12-13H2,1-2H3. The van der Waals surface area contributed by atoms with Crippen molar-refractivity contribution in [2.75, 3.05) is 25.2 Å². The van der Waals surface area contributed by atoms with E-state index < -0.39 is 5.97 Å². The Balaban J connectivity index is 1.46. The molecule has 0 unspecified atom stereocenters. The molecule has 3 rings (SSSR count). The quantitative estimate of drug-likeness (QED) is 0.556. The Morgan fingerprint density at radius 3 is 2.74 bits per heavy atom. The summed E-state index contributed by atoms with van der Waals surface area (Å²) in [7, 11) is 1.70. The molecule has 2 aromatic rings. The highest BCUT2D eigenvalue weighted by atomic mass is 16.5. The van der Waals surface area contributed by atoms with Gasteiger partial charge in [-0.15, -0.1) is 0 Å². The Morgan fingerprint density at radius 2 is 1.96 bits per heavy atom. The summed E-state index contributed by atoms with van der Waals surface area (Å²) < 4.78 is 10.5. The molecule has 6 nitrogen and oxygen atoms in total. The lowest BCUT2D eigenvalue weighted by Gasteiger charge is -2.10. The minimum absolute atomic E-state index is 0.00497. The summed E-state index contributed by atoms with van der Waals surface area (Å²) in [5.41, 5.74) is 3.12. The fraction of sp³-hybridized carbons (Fsp3) is 0.286. The van der Waals surface area contributed by atoms with Gasteiger partial charge in [0.25, 0.3) is 0 Å². The molecule has 1 aliphatic heterocycles. The van der Waals surface area contributed by atoms with Gasteiger partial charge < -0.3 is 14.4 Å². The number of fused-ring (bicyclic) bond motifs is 1. The second kappa shape index (κ2) is 8.03. The number of esters is 1. The molecule has 0 aromatic heterocycles. The molecule has 0 bridgehead atoms. The van der Waals surface area contributed by atoms with Gasteiger partial charge in [-0.05, 0) is 48.4 Å². The molecule has 0 atom stereocenters. The highest BCUT2D eigenvalue weighted by molar-refractivity contribution is 6.03. The molecular weight excluding hydrogens is 346 g/mol. The van der Waals surface area contributed by atoms with Crippen molar-refractivity contribution < 1.29 is 23.9 Å². The van der Waals surface area contributed by atoms with Gasteiger partial charge in [0.15, 0.2) is 12.4 Å². The molecule has 0 spiro atoms. The Labute approximate surface area is 157 Å². The van der Waals surface area contributed by atoms with Crippen molar-refractivity contribution in [2.24, 2.45) is 0 Å². The van der Waals surface area contributed by atoms with E-state index >= 15 is 0 Å². The number of ether oxygens (including phenoxy) is 2. The van der Waals surface area contributed by atoms with Crippen LogP contribution in [-0.2, 0) is 20.7 Å². The summed E-state index contributed by atoms with van der Waals surface area (Å²) >= 11 is 0. The first-order valence-electron chi connectivity index (χ1n) is 8.72. The topological polar surface area (TPSA) is 72.9 Å². The van der Waals surface area contributed by atoms with Crippen LogP contribution in [0.5, 0.6) is 5.75 Å². The zero-order valence-corrected chi connectivity index (χ0v) is 15.4. The van der Waals surface area contributed by atoms with Crippen molar-refractivity contribution in [3.05, 3.63) is 59.2 Å². The third kappa shape index (κ3) is 4.53. The van der Waals surface area contributed by atoms with Gasteiger partial charge in [0.1, 0.15) is 5.75 Å². The number of aryl methyl sites for hydroxylation is 1. The second-order valence-electron chi connectivity index (χ2n) is 6.47. The first-order chi connectivity index (χ1) is 12.9. The van der Waals surface area contributed by atoms with E-state index in [0.29, 0.717) is 11.3 Å². The van der Waals surface area contributed by atoms with Crippen molar-refractivity contribution in [3.63, 3.8) is 0 Å². The number of anilines is 1. The van der Waals surface area contributed by atoms with E-state index in [9.17, 15) is 14.4 Å². The van der Waals surface area contributed by atoms with Crippen molar-refractivity contribution in [1.82, 2.24) is 0 Å². The van der Waals surface area contributed by atoms with Crippen molar-refractivity contribution in [3.8, 4) is 5.75 Å². The highest BCUT2D eigenvalue weighted by Gasteiger charge is 2.24.